The smallest absolute Gasteiger partial charge is 0.383 e. The second-order valence-corrected chi connectivity index (χ2v) is 10.2. The molecule has 8 nitrogen and oxygen atoms in total. The third kappa shape index (κ3) is 5.69. The summed E-state index contributed by atoms with van der Waals surface area (Å²) in [6, 6.07) is 7.53. The molecular formula is C23H20F5N5O3S. The molecule has 4 rings (SSSR count). The third-order valence-electron chi connectivity index (χ3n) is 5.71. The molecule has 3 N–H and O–H groups in total. The molecule has 1 aromatic carbocycles. The first-order valence-electron chi connectivity index (χ1n) is 10.8. The van der Waals surface area contributed by atoms with Crippen molar-refractivity contribution in [3.8, 4) is 11.3 Å². The van der Waals surface area contributed by atoms with Gasteiger partial charge in [0.15, 0.2) is 0 Å². The van der Waals surface area contributed by atoms with Gasteiger partial charge in [0.2, 0.25) is 15.9 Å². The van der Waals surface area contributed by atoms with Crippen molar-refractivity contribution in [2.24, 2.45) is 0 Å². The topological polar surface area (TPSA) is 118 Å². The number of sulfonamides is 1. The van der Waals surface area contributed by atoms with Gasteiger partial charge in [-0.15, -0.1) is 0 Å². The van der Waals surface area contributed by atoms with Gasteiger partial charge in [-0.2, -0.15) is 17.5 Å². The Labute approximate surface area is 208 Å². The minimum Gasteiger partial charge on any atom is -0.383 e. The molecule has 2 aromatic heterocycles. The summed E-state index contributed by atoms with van der Waals surface area (Å²) in [6.45, 7) is -0.641. The van der Waals surface area contributed by atoms with Crippen LogP contribution in [-0.2, 0) is 27.5 Å². The lowest BCUT2D eigenvalue weighted by Gasteiger charge is -2.23. The Kier molecular flexibility index (Phi) is 7.15. The van der Waals surface area contributed by atoms with Crippen molar-refractivity contribution in [3.05, 3.63) is 71.8 Å². The summed E-state index contributed by atoms with van der Waals surface area (Å²) in [5, 5.41) is 2.55. The molecule has 0 bridgehead atoms. The largest absolute Gasteiger partial charge is 0.433 e. The van der Waals surface area contributed by atoms with E-state index in [0.29, 0.717) is 5.56 Å². The molecule has 0 saturated carbocycles. The zero-order valence-corrected chi connectivity index (χ0v) is 19.7. The van der Waals surface area contributed by atoms with E-state index in [1.807, 2.05) is 0 Å². The number of nitrogens with two attached hydrogens (primary N) is 1. The van der Waals surface area contributed by atoms with Crippen LogP contribution < -0.4 is 11.1 Å². The molecule has 0 radical (unpaired) electrons. The van der Waals surface area contributed by atoms with Crippen molar-refractivity contribution in [1.82, 2.24) is 19.6 Å². The Morgan fingerprint density at radius 2 is 1.84 bits per heavy atom. The predicted octanol–water partition coefficient (Wildman–Crippen LogP) is 3.30. The third-order valence-corrected chi connectivity index (χ3v) is 7.60. The molecule has 3 heterocycles. The van der Waals surface area contributed by atoms with Crippen LogP contribution in [0.3, 0.4) is 0 Å². The highest BCUT2D eigenvalue weighted by Gasteiger charge is 2.44. The first kappa shape index (κ1) is 26.4. The Balaban J connectivity index is 1.49. The molecule has 1 aliphatic rings. The molecule has 3 aromatic rings. The average Bonchev–Trinajstić information content (AvgIpc) is 3.25. The summed E-state index contributed by atoms with van der Waals surface area (Å²) in [5.41, 5.74) is 5.36. The second-order valence-electron chi connectivity index (χ2n) is 8.27. The number of anilines is 1. The molecule has 0 aliphatic carbocycles. The lowest BCUT2D eigenvalue weighted by Crippen LogP contribution is -2.45. The summed E-state index contributed by atoms with van der Waals surface area (Å²) in [7, 11) is -4.27. The summed E-state index contributed by atoms with van der Waals surface area (Å²) in [6.07, 6.45) is -5.24. The number of nitrogen functional groups attached to an aromatic ring is 1. The average molecular weight is 542 g/mol. The van der Waals surface area contributed by atoms with Gasteiger partial charge in [-0.1, -0.05) is 0 Å². The number of nitrogens with zero attached hydrogens (tertiary/aromatic N) is 3. The van der Waals surface area contributed by atoms with Crippen LogP contribution in [0.4, 0.5) is 27.8 Å². The number of halogens is 5. The van der Waals surface area contributed by atoms with E-state index in [2.05, 4.69) is 15.3 Å². The second kappa shape index (κ2) is 10.0. The normalized spacial score (nSPS) is 18.6. The van der Waals surface area contributed by atoms with E-state index in [0.717, 1.165) is 40.7 Å². The summed E-state index contributed by atoms with van der Waals surface area (Å²) < 4.78 is 92.6. The van der Waals surface area contributed by atoms with Crippen LogP contribution in [0.25, 0.3) is 11.3 Å². The number of rotatable bonds is 6. The lowest BCUT2D eigenvalue weighted by atomic mass is 10.1. The highest BCUT2D eigenvalue weighted by atomic mass is 32.2. The Hall–Kier alpha value is -3.65. The Morgan fingerprint density at radius 1 is 1.14 bits per heavy atom. The fraction of sp³-hybridized carbons (Fsp3) is 0.261. The fourth-order valence-corrected chi connectivity index (χ4v) is 5.52. The summed E-state index contributed by atoms with van der Waals surface area (Å²) in [4.78, 5) is 20.0. The predicted molar refractivity (Wildman–Crippen MR) is 122 cm³/mol. The van der Waals surface area contributed by atoms with E-state index in [1.165, 1.54) is 18.3 Å². The zero-order chi connectivity index (χ0) is 27.0. The lowest BCUT2D eigenvalue weighted by molar-refractivity contribution is -0.141. The van der Waals surface area contributed by atoms with Gasteiger partial charge in [-0.05, 0) is 54.1 Å². The minimum atomic E-state index is -4.66. The summed E-state index contributed by atoms with van der Waals surface area (Å²) in [5.74, 6) is -1.78. The molecule has 37 heavy (non-hydrogen) atoms. The molecule has 1 amide bonds. The van der Waals surface area contributed by atoms with Crippen LogP contribution in [0.1, 0.15) is 17.7 Å². The number of carbonyl (C=O) groups is 1. The first-order valence-corrected chi connectivity index (χ1v) is 12.3. The maximum Gasteiger partial charge on any atom is 0.433 e. The van der Waals surface area contributed by atoms with Crippen LogP contribution >= 0.6 is 0 Å². The zero-order valence-electron chi connectivity index (χ0n) is 18.9. The standard InChI is InChI=1S/C23H20F5N5O3S/c24-14-1-3-16(4-2-14)37(35,36)33-12-15(25)10-19(33)22(34)31-11-13-7-8-30-18(9-13)17-5-6-20(23(26,27)28)32-21(17)29/h1-9,15,19H,10-12H2,(H2,29,32)(H,31,34). The van der Waals surface area contributed by atoms with E-state index in [1.54, 1.807) is 0 Å². The van der Waals surface area contributed by atoms with E-state index in [-0.39, 0.29) is 34.9 Å². The first-order chi connectivity index (χ1) is 17.4. The summed E-state index contributed by atoms with van der Waals surface area (Å²) >= 11 is 0. The van der Waals surface area contributed by atoms with Crippen molar-refractivity contribution < 1.29 is 35.2 Å². The molecule has 14 heteroatoms. The van der Waals surface area contributed by atoms with Gasteiger partial charge in [0, 0.05) is 31.3 Å². The maximum absolute atomic E-state index is 14.2. The molecule has 2 unspecified atom stereocenters. The molecule has 1 aliphatic heterocycles. The van der Waals surface area contributed by atoms with Gasteiger partial charge in [0.25, 0.3) is 0 Å². The van der Waals surface area contributed by atoms with Crippen molar-refractivity contribution in [2.75, 3.05) is 12.3 Å². The van der Waals surface area contributed by atoms with E-state index in [4.69, 9.17) is 5.73 Å². The number of amides is 1. The van der Waals surface area contributed by atoms with Crippen LogP contribution in [0.15, 0.2) is 59.6 Å². The molecule has 1 saturated heterocycles. The number of benzene rings is 1. The van der Waals surface area contributed by atoms with Gasteiger partial charge < -0.3 is 11.1 Å². The van der Waals surface area contributed by atoms with E-state index >= 15 is 0 Å². The van der Waals surface area contributed by atoms with Crippen LogP contribution in [0.5, 0.6) is 0 Å². The van der Waals surface area contributed by atoms with E-state index in [9.17, 15) is 35.2 Å². The molecular weight excluding hydrogens is 521 g/mol. The number of carbonyl (C=O) groups excluding carboxylic acids is 1. The van der Waals surface area contributed by atoms with Crippen molar-refractivity contribution in [2.45, 2.75) is 36.3 Å². The monoisotopic (exact) mass is 541 g/mol. The highest BCUT2D eigenvalue weighted by Crippen LogP contribution is 2.32. The molecule has 0 spiro atoms. The number of pyridine rings is 2. The molecule has 1 fully saturated rings. The van der Waals surface area contributed by atoms with Crippen molar-refractivity contribution >= 4 is 21.7 Å². The highest BCUT2D eigenvalue weighted by molar-refractivity contribution is 7.89. The van der Waals surface area contributed by atoms with Gasteiger partial charge in [-0.3, -0.25) is 9.78 Å². The van der Waals surface area contributed by atoms with Gasteiger partial charge >= 0.3 is 6.18 Å². The fourth-order valence-electron chi connectivity index (χ4n) is 3.89. The van der Waals surface area contributed by atoms with Crippen molar-refractivity contribution in [3.63, 3.8) is 0 Å². The Morgan fingerprint density at radius 3 is 2.49 bits per heavy atom. The molecule has 2 atom stereocenters. The SMILES string of the molecule is Nc1nc(C(F)(F)F)ccc1-c1cc(CNC(=O)C2CC(F)CN2S(=O)(=O)c2ccc(F)cc2)ccn1. The van der Waals surface area contributed by atoms with Gasteiger partial charge in [0.05, 0.1) is 10.6 Å². The van der Waals surface area contributed by atoms with Gasteiger partial charge in [-0.25, -0.2) is 22.2 Å². The molecule has 196 valence electrons. The Bertz CT molecular complexity index is 1420. The van der Waals surface area contributed by atoms with Crippen LogP contribution in [-0.4, -0.2) is 47.4 Å². The van der Waals surface area contributed by atoms with Crippen molar-refractivity contribution in [1.29, 1.82) is 0 Å². The van der Waals surface area contributed by atoms with Crippen LogP contribution in [0.2, 0.25) is 0 Å². The minimum absolute atomic E-state index is 0.111. The van der Waals surface area contributed by atoms with Crippen LogP contribution in [0, 0.1) is 5.82 Å². The maximum atomic E-state index is 14.2. The number of nitrogens with one attached hydrogen (secondary N) is 1. The van der Waals surface area contributed by atoms with E-state index < -0.39 is 52.4 Å². The number of hydrogen-bond acceptors (Lipinski definition) is 6. The van der Waals surface area contributed by atoms with Gasteiger partial charge in [0.1, 0.15) is 29.5 Å². The quantitative estimate of drug-likeness (QED) is 0.463. The number of alkyl halides is 4. The number of hydrogen-bond donors (Lipinski definition) is 2. The number of aromatic nitrogens is 2.